The zero-order chi connectivity index (χ0) is 18.2. The first-order valence-electron chi connectivity index (χ1n) is 9.91. The number of aromatic nitrogens is 2. The number of nitrogens with zero attached hydrogens (tertiary/aromatic N) is 3. The fourth-order valence-electron chi connectivity index (χ4n) is 3.44. The Bertz CT molecular complexity index is 674. The normalized spacial score (nSPS) is 14.7. The van der Waals surface area contributed by atoms with E-state index in [2.05, 4.69) is 33.9 Å². The largest absolute Gasteiger partial charge is 0.339 e. The highest BCUT2D eigenvalue weighted by molar-refractivity contribution is 5.76. The number of nitrogens with one attached hydrogen (secondary N) is 1. The number of H-pyrrole nitrogens is 1. The molecule has 1 saturated heterocycles. The van der Waals surface area contributed by atoms with Crippen LogP contribution in [0.25, 0.3) is 11.3 Å². The van der Waals surface area contributed by atoms with E-state index in [4.69, 9.17) is 0 Å². The quantitative estimate of drug-likeness (QED) is 0.727. The Kier molecular flexibility index (Phi) is 6.69. The molecule has 1 aromatic heterocycles. The smallest absolute Gasteiger partial charge is 0.222 e. The van der Waals surface area contributed by atoms with E-state index < -0.39 is 0 Å². The summed E-state index contributed by atoms with van der Waals surface area (Å²) in [7, 11) is 0. The molecular weight excluding hydrogens is 324 g/mol. The third kappa shape index (κ3) is 4.87. The van der Waals surface area contributed by atoms with Gasteiger partial charge in [-0.15, -0.1) is 0 Å². The van der Waals surface area contributed by atoms with Crippen LogP contribution < -0.4 is 4.90 Å². The minimum absolute atomic E-state index is 0.311. The lowest BCUT2D eigenvalue weighted by Gasteiger charge is -2.34. The summed E-state index contributed by atoms with van der Waals surface area (Å²) in [6.45, 7) is 5.46. The summed E-state index contributed by atoms with van der Waals surface area (Å²) in [6, 6.07) is 10.2. The van der Waals surface area contributed by atoms with Gasteiger partial charge >= 0.3 is 0 Å². The summed E-state index contributed by atoms with van der Waals surface area (Å²) >= 11 is 0. The minimum Gasteiger partial charge on any atom is -0.339 e. The Morgan fingerprint density at radius 1 is 1.04 bits per heavy atom. The Balaban J connectivity index is 1.45. The molecular formula is C21H30N4O. The summed E-state index contributed by atoms with van der Waals surface area (Å²) in [5.41, 5.74) is 2.18. The standard InChI is InChI=1S/C21H30N4O/c1-2-3-4-5-9-12-20(26)24-13-15-25(16-14-24)21-22-17-19(23-21)18-10-7-6-8-11-18/h6-8,10-11,17H,2-5,9,12-16H2,1H3,(H,22,23). The topological polar surface area (TPSA) is 52.2 Å². The van der Waals surface area contributed by atoms with Crippen molar-refractivity contribution < 1.29 is 4.79 Å². The van der Waals surface area contributed by atoms with Gasteiger partial charge in [0.1, 0.15) is 0 Å². The first-order chi connectivity index (χ1) is 12.8. The van der Waals surface area contributed by atoms with Crippen molar-refractivity contribution in [2.45, 2.75) is 45.4 Å². The third-order valence-corrected chi connectivity index (χ3v) is 5.07. The number of amides is 1. The van der Waals surface area contributed by atoms with Crippen molar-refractivity contribution in [3.05, 3.63) is 36.5 Å². The van der Waals surface area contributed by atoms with Gasteiger partial charge in [-0.2, -0.15) is 0 Å². The molecule has 1 aliphatic rings. The van der Waals surface area contributed by atoms with Crippen molar-refractivity contribution in [1.29, 1.82) is 0 Å². The van der Waals surface area contributed by atoms with Crippen LogP contribution in [0.1, 0.15) is 45.4 Å². The van der Waals surface area contributed by atoms with Crippen LogP contribution in [-0.4, -0.2) is 47.0 Å². The zero-order valence-corrected chi connectivity index (χ0v) is 15.8. The molecule has 26 heavy (non-hydrogen) atoms. The lowest BCUT2D eigenvalue weighted by molar-refractivity contribution is -0.131. The molecule has 5 nitrogen and oxygen atoms in total. The molecule has 1 amide bonds. The summed E-state index contributed by atoms with van der Waals surface area (Å²) in [4.78, 5) is 24.5. The maximum atomic E-state index is 12.3. The number of rotatable bonds is 8. The van der Waals surface area contributed by atoms with Gasteiger partial charge in [-0.1, -0.05) is 62.9 Å². The molecule has 1 N–H and O–H groups in total. The highest BCUT2D eigenvalue weighted by Crippen LogP contribution is 2.21. The molecule has 5 heteroatoms. The highest BCUT2D eigenvalue weighted by Gasteiger charge is 2.22. The summed E-state index contributed by atoms with van der Waals surface area (Å²) in [6.07, 6.45) is 8.56. The Labute approximate surface area is 156 Å². The average Bonchev–Trinajstić information content (AvgIpc) is 3.19. The lowest BCUT2D eigenvalue weighted by atomic mass is 10.1. The number of carbonyl (C=O) groups is 1. The van der Waals surface area contributed by atoms with E-state index in [9.17, 15) is 4.79 Å². The summed E-state index contributed by atoms with van der Waals surface area (Å²) in [5.74, 6) is 1.21. The zero-order valence-electron chi connectivity index (χ0n) is 15.8. The second kappa shape index (κ2) is 9.41. The van der Waals surface area contributed by atoms with Gasteiger partial charge in [0, 0.05) is 32.6 Å². The van der Waals surface area contributed by atoms with E-state index in [1.807, 2.05) is 29.3 Å². The molecule has 0 aliphatic carbocycles. The first kappa shape index (κ1) is 18.5. The maximum absolute atomic E-state index is 12.3. The van der Waals surface area contributed by atoms with E-state index in [-0.39, 0.29) is 0 Å². The molecule has 0 saturated carbocycles. The average molecular weight is 354 g/mol. The van der Waals surface area contributed by atoms with Gasteiger partial charge in [0.2, 0.25) is 11.9 Å². The van der Waals surface area contributed by atoms with Gasteiger partial charge in [0.25, 0.3) is 0 Å². The van der Waals surface area contributed by atoms with Crippen LogP contribution in [0.3, 0.4) is 0 Å². The number of unbranched alkanes of at least 4 members (excludes halogenated alkanes) is 4. The molecule has 0 atom stereocenters. The van der Waals surface area contributed by atoms with Crippen molar-refractivity contribution in [3.63, 3.8) is 0 Å². The van der Waals surface area contributed by atoms with Crippen LogP contribution in [0.4, 0.5) is 5.95 Å². The van der Waals surface area contributed by atoms with Crippen LogP contribution in [0.15, 0.2) is 36.5 Å². The molecule has 0 unspecified atom stereocenters. The van der Waals surface area contributed by atoms with Crippen molar-refractivity contribution in [2.75, 3.05) is 31.1 Å². The molecule has 140 valence electrons. The fourth-order valence-corrected chi connectivity index (χ4v) is 3.44. The SMILES string of the molecule is CCCCCCCC(=O)N1CCN(c2ncc(-c3ccccc3)[nH]2)CC1. The Morgan fingerprint density at radius 2 is 1.77 bits per heavy atom. The number of carbonyl (C=O) groups excluding carboxylic acids is 1. The van der Waals surface area contributed by atoms with Gasteiger partial charge in [-0.25, -0.2) is 4.98 Å². The fraction of sp³-hybridized carbons (Fsp3) is 0.524. The van der Waals surface area contributed by atoms with Gasteiger partial charge < -0.3 is 14.8 Å². The predicted molar refractivity (Wildman–Crippen MR) is 106 cm³/mol. The summed E-state index contributed by atoms with van der Waals surface area (Å²) < 4.78 is 0. The van der Waals surface area contributed by atoms with E-state index in [0.29, 0.717) is 12.3 Å². The molecule has 0 radical (unpaired) electrons. The number of hydrogen-bond acceptors (Lipinski definition) is 3. The Hall–Kier alpha value is -2.30. The van der Waals surface area contributed by atoms with Gasteiger partial charge in [0.15, 0.2) is 0 Å². The van der Waals surface area contributed by atoms with Crippen molar-refractivity contribution in [1.82, 2.24) is 14.9 Å². The monoisotopic (exact) mass is 354 g/mol. The van der Waals surface area contributed by atoms with Crippen LogP contribution in [0, 0.1) is 0 Å². The van der Waals surface area contributed by atoms with Gasteiger partial charge in [-0.3, -0.25) is 4.79 Å². The van der Waals surface area contributed by atoms with E-state index >= 15 is 0 Å². The number of imidazole rings is 1. The maximum Gasteiger partial charge on any atom is 0.222 e. The Morgan fingerprint density at radius 3 is 2.50 bits per heavy atom. The predicted octanol–water partition coefficient (Wildman–Crippen LogP) is 4.09. The van der Waals surface area contributed by atoms with E-state index in [0.717, 1.165) is 49.8 Å². The van der Waals surface area contributed by atoms with E-state index in [1.165, 1.54) is 25.7 Å². The second-order valence-electron chi connectivity index (χ2n) is 7.02. The number of hydrogen-bond donors (Lipinski definition) is 1. The molecule has 1 aliphatic heterocycles. The number of benzene rings is 1. The van der Waals surface area contributed by atoms with E-state index in [1.54, 1.807) is 0 Å². The number of piperazine rings is 1. The number of anilines is 1. The molecule has 2 aromatic rings. The summed E-state index contributed by atoms with van der Waals surface area (Å²) in [5, 5.41) is 0. The second-order valence-corrected chi connectivity index (χ2v) is 7.02. The van der Waals surface area contributed by atoms with Crippen molar-refractivity contribution in [3.8, 4) is 11.3 Å². The van der Waals surface area contributed by atoms with Gasteiger partial charge in [-0.05, 0) is 12.0 Å². The van der Waals surface area contributed by atoms with Crippen LogP contribution in [0.5, 0.6) is 0 Å². The van der Waals surface area contributed by atoms with Crippen LogP contribution >= 0.6 is 0 Å². The van der Waals surface area contributed by atoms with Crippen LogP contribution in [0.2, 0.25) is 0 Å². The van der Waals surface area contributed by atoms with Crippen molar-refractivity contribution in [2.24, 2.45) is 0 Å². The molecule has 0 spiro atoms. The molecule has 1 fully saturated rings. The molecule has 1 aromatic carbocycles. The lowest BCUT2D eigenvalue weighted by Crippen LogP contribution is -2.49. The number of aromatic amines is 1. The molecule has 3 rings (SSSR count). The third-order valence-electron chi connectivity index (χ3n) is 5.07. The van der Waals surface area contributed by atoms with Crippen LogP contribution in [-0.2, 0) is 4.79 Å². The molecule has 0 bridgehead atoms. The van der Waals surface area contributed by atoms with Crippen molar-refractivity contribution >= 4 is 11.9 Å². The van der Waals surface area contributed by atoms with Gasteiger partial charge in [0.05, 0.1) is 11.9 Å². The highest BCUT2D eigenvalue weighted by atomic mass is 16.2. The molecule has 2 heterocycles. The first-order valence-corrected chi connectivity index (χ1v) is 9.91. The minimum atomic E-state index is 0.311.